The number of nitrogens with zero attached hydrogens (tertiary/aromatic N) is 4. The molecular formula is C18H21N5O. The van der Waals surface area contributed by atoms with Crippen LogP contribution in [-0.2, 0) is 6.42 Å². The molecule has 3 heterocycles. The summed E-state index contributed by atoms with van der Waals surface area (Å²) < 4.78 is 7.87. The van der Waals surface area contributed by atoms with Gasteiger partial charge in [-0.15, -0.1) is 0 Å². The van der Waals surface area contributed by atoms with E-state index in [0.29, 0.717) is 5.78 Å². The maximum absolute atomic E-state index is 6.12. The number of hydrogen-bond acceptors (Lipinski definition) is 5. The number of ether oxygens (including phenoxy) is 1. The Morgan fingerprint density at radius 1 is 1.33 bits per heavy atom. The zero-order valence-electron chi connectivity index (χ0n) is 14.2. The average molecular weight is 323 g/mol. The van der Waals surface area contributed by atoms with E-state index in [-0.39, 0.29) is 11.6 Å². The predicted molar refractivity (Wildman–Crippen MR) is 92.3 cm³/mol. The van der Waals surface area contributed by atoms with Crippen LogP contribution in [0.15, 0.2) is 36.7 Å². The van der Waals surface area contributed by atoms with Gasteiger partial charge >= 0.3 is 0 Å². The lowest BCUT2D eigenvalue weighted by molar-refractivity contribution is 0.0758. The first-order valence-corrected chi connectivity index (χ1v) is 8.30. The van der Waals surface area contributed by atoms with Gasteiger partial charge in [0.15, 0.2) is 0 Å². The minimum atomic E-state index is -0.228. The minimum absolute atomic E-state index is 0.143. The largest absolute Gasteiger partial charge is 0.487 e. The van der Waals surface area contributed by atoms with Gasteiger partial charge in [0.05, 0.1) is 6.04 Å². The second kappa shape index (κ2) is 5.47. The van der Waals surface area contributed by atoms with Crippen molar-refractivity contribution in [2.24, 2.45) is 0 Å². The van der Waals surface area contributed by atoms with E-state index >= 15 is 0 Å². The topological polar surface area (TPSA) is 64.3 Å². The molecule has 1 unspecified atom stereocenters. The number of nitrogens with one attached hydrogen (secondary N) is 1. The molecule has 1 aromatic carbocycles. The maximum Gasteiger partial charge on any atom is 0.254 e. The molecule has 1 aliphatic rings. The third-order valence-corrected chi connectivity index (χ3v) is 4.37. The van der Waals surface area contributed by atoms with E-state index in [9.17, 15) is 0 Å². The van der Waals surface area contributed by atoms with Crippen LogP contribution in [0.4, 0.5) is 5.82 Å². The smallest absolute Gasteiger partial charge is 0.254 e. The molecule has 0 aliphatic carbocycles. The molecule has 0 saturated heterocycles. The summed E-state index contributed by atoms with van der Waals surface area (Å²) >= 11 is 0. The zero-order valence-corrected chi connectivity index (χ0v) is 14.2. The number of para-hydroxylation sites is 1. The number of fused-ring (bicyclic) bond motifs is 2. The normalized spacial score (nSPS) is 18.9. The second-order valence-corrected chi connectivity index (χ2v) is 6.76. The van der Waals surface area contributed by atoms with Crippen LogP contribution in [0, 0.1) is 0 Å². The lowest BCUT2D eigenvalue weighted by Crippen LogP contribution is -2.37. The first-order chi connectivity index (χ1) is 11.6. The third-order valence-electron chi connectivity index (χ3n) is 4.37. The van der Waals surface area contributed by atoms with E-state index in [2.05, 4.69) is 47.2 Å². The van der Waals surface area contributed by atoms with Crippen molar-refractivity contribution in [3.8, 4) is 5.75 Å². The highest BCUT2D eigenvalue weighted by Gasteiger charge is 2.33. The molecule has 0 spiro atoms. The Morgan fingerprint density at radius 3 is 3.00 bits per heavy atom. The maximum atomic E-state index is 6.12. The minimum Gasteiger partial charge on any atom is -0.487 e. The number of anilines is 1. The Bertz CT molecular complexity index is 886. The van der Waals surface area contributed by atoms with E-state index in [4.69, 9.17) is 4.74 Å². The van der Waals surface area contributed by atoms with Crippen LogP contribution < -0.4 is 10.1 Å². The molecule has 1 aliphatic heterocycles. The van der Waals surface area contributed by atoms with Crippen LogP contribution >= 0.6 is 0 Å². The quantitative estimate of drug-likeness (QED) is 0.800. The van der Waals surface area contributed by atoms with E-state index in [1.165, 1.54) is 11.9 Å². The number of aryl methyl sites for hydroxylation is 1. The number of hydrogen-bond donors (Lipinski definition) is 1. The van der Waals surface area contributed by atoms with Gasteiger partial charge in [-0.25, -0.2) is 4.98 Å². The Balaban J connectivity index is 1.77. The first kappa shape index (κ1) is 14.9. The van der Waals surface area contributed by atoms with E-state index < -0.39 is 0 Å². The molecule has 3 aromatic rings. The molecule has 124 valence electrons. The van der Waals surface area contributed by atoms with Crippen molar-refractivity contribution in [1.29, 1.82) is 0 Å². The summed E-state index contributed by atoms with van der Waals surface area (Å²) in [6.45, 7) is 6.32. The standard InChI is InChI=1S/C18H21N5O/c1-4-12-9-16(23-17(21-12)19-11-20-23)22-14-10-18(2,3)24-15-8-6-5-7-13(14)15/h5-9,11,14,22H,4,10H2,1-3H3. The first-order valence-electron chi connectivity index (χ1n) is 8.30. The summed E-state index contributed by atoms with van der Waals surface area (Å²) in [5, 5.41) is 7.94. The van der Waals surface area contributed by atoms with Crippen molar-refractivity contribution in [3.63, 3.8) is 0 Å². The molecule has 0 radical (unpaired) electrons. The van der Waals surface area contributed by atoms with Gasteiger partial charge in [0.25, 0.3) is 5.78 Å². The molecule has 0 amide bonds. The summed E-state index contributed by atoms with van der Waals surface area (Å²) in [7, 11) is 0. The van der Waals surface area contributed by atoms with Crippen molar-refractivity contribution in [2.45, 2.75) is 45.3 Å². The lowest BCUT2D eigenvalue weighted by Gasteiger charge is -2.38. The Labute approximate surface area is 140 Å². The van der Waals surface area contributed by atoms with Gasteiger partial charge in [-0.05, 0) is 26.3 Å². The van der Waals surface area contributed by atoms with E-state index in [1.54, 1.807) is 4.52 Å². The van der Waals surface area contributed by atoms with Gasteiger partial charge in [-0.3, -0.25) is 0 Å². The molecule has 1 N–H and O–H groups in total. The Hall–Kier alpha value is -2.63. The highest BCUT2D eigenvalue weighted by atomic mass is 16.5. The second-order valence-electron chi connectivity index (χ2n) is 6.76. The van der Waals surface area contributed by atoms with Crippen LogP contribution in [0.5, 0.6) is 5.75 Å². The van der Waals surface area contributed by atoms with Crippen molar-refractivity contribution in [2.75, 3.05) is 5.32 Å². The van der Waals surface area contributed by atoms with Crippen molar-refractivity contribution in [3.05, 3.63) is 47.9 Å². The van der Waals surface area contributed by atoms with Crippen LogP contribution in [0.2, 0.25) is 0 Å². The zero-order chi connectivity index (χ0) is 16.7. The fourth-order valence-electron chi connectivity index (χ4n) is 3.25. The van der Waals surface area contributed by atoms with Crippen LogP contribution in [-0.4, -0.2) is 25.2 Å². The number of aromatic nitrogens is 4. The SMILES string of the molecule is CCc1cc(NC2CC(C)(C)Oc3ccccc32)n2ncnc2n1. The highest BCUT2D eigenvalue weighted by Crippen LogP contribution is 2.40. The molecule has 1 atom stereocenters. The van der Waals surface area contributed by atoms with Crippen LogP contribution in [0.25, 0.3) is 5.78 Å². The van der Waals surface area contributed by atoms with Gasteiger partial charge in [-0.2, -0.15) is 14.6 Å². The van der Waals surface area contributed by atoms with Gasteiger partial charge in [0, 0.05) is 23.7 Å². The molecular weight excluding hydrogens is 302 g/mol. The molecule has 0 saturated carbocycles. The fraction of sp³-hybridized carbons (Fsp3) is 0.389. The summed E-state index contributed by atoms with van der Waals surface area (Å²) in [5.41, 5.74) is 1.94. The fourth-order valence-corrected chi connectivity index (χ4v) is 3.25. The average Bonchev–Trinajstić information content (AvgIpc) is 3.02. The lowest BCUT2D eigenvalue weighted by atomic mass is 9.89. The monoisotopic (exact) mass is 323 g/mol. The van der Waals surface area contributed by atoms with E-state index in [0.717, 1.165) is 30.1 Å². The van der Waals surface area contributed by atoms with Gasteiger partial charge < -0.3 is 10.1 Å². The molecule has 24 heavy (non-hydrogen) atoms. The highest BCUT2D eigenvalue weighted by molar-refractivity contribution is 5.49. The van der Waals surface area contributed by atoms with Crippen molar-refractivity contribution >= 4 is 11.6 Å². The summed E-state index contributed by atoms with van der Waals surface area (Å²) in [6, 6.07) is 10.4. The molecule has 6 nitrogen and oxygen atoms in total. The van der Waals surface area contributed by atoms with Crippen LogP contribution in [0.3, 0.4) is 0 Å². The third kappa shape index (κ3) is 2.58. The van der Waals surface area contributed by atoms with Gasteiger partial charge in [0.2, 0.25) is 0 Å². The Kier molecular flexibility index (Phi) is 3.40. The molecule has 2 aromatic heterocycles. The Morgan fingerprint density at radius 2 is 2.17 bits per heavy atom. The molecule has 0 bridgehead atoms. The predicted octanol–water partition coefficient (Wildman–Crippen LogP) is 3.40. The molecule has 4 rings (SSSR count). The summed E-state index contributed by atoms with van der Waals surface area (Å²) in [6.07, 6.45) is 3.26. The summed E-state index contributed by atoms with van der Waals surface area (Å²) in [5.74, 6) is 2.47. The molecule has 6 heteroatoms. The number of benzene rings is 1. The van der Waals surface area contributed by atoms with Gasteiger partial charge in [0.1, 0.15) is 23.5 Å². The van der Waals surface area contributed by atoms with Crippen molar-refractivity contribution < 1.29 is 4.74 Å². The van der Waals surface area contributed by atoms with Gasteiger partial charge in [-0.1, -0.05) is 25.1 Å². The number of rotatable bonds is 3. The van der Waals surface area contributed by atoms with Crippen LogP contribution in [0.1, 0.15) is 44.5 Å². The van der Waals surface area contributed by atoms with E-state index in [1.807, 2.05) is 24.3 Å². The van der Waals surface area contributed by atoms with Crippen molar-refractivity contribution in [1.82, 2.24) is 19.6 Å². The summed E-state index contributed by atoms with van der Waals surface area (Å²) in [4.78, 5) is 8.74. The molecule has 0 fully saturated rings.